The maximum atomic E-state index is 11.5. The van der Waals surface area contributed by atoms with Crippen LogP contribution in [0.4, 0.5) is 0 Å². The molecule has 0 N–H and O–H groups in total. The Morgan fingerprint density at radius 1 is 1.10 bits per heavy atom. The number of esters is 1. The summed E-state index contributed by atoms with van der Waals surface area (Å²) in [6, 6.07) is 0. The van der Waals surface area contributed by atoms with Gasteiger partial charge in [-0.1, -0.05) is 30.2 Å². The van der Waals surface area contributed by atoms with Gasteiger partial charge in [0, 0.05) is 6.08 Å². The lowest BCUT2D eigenvalue weighted by Gasteiger charge is -2.10. The maximum Gasteiger partial charge on any atom is 0.331 e. The number of ether oxygens (including phenoxy) is 1. The molecule has 0 radical (unpaired) electrons. The molecular weight excluding hydrogens is 260 g/mol. The van der Waals surface area contributed by atoms with Crippen molar-refractivity contribution in [1.82, 2.24) is 0 Å². The molecule has 0 saturated heterocycles. The molecule has 120 valence electrons. The van der Waals surface area contributed by atoms with Crippen molar-refractivity contribution in [3.63, 3.8) is 0 Å². The molecule has 0 bridgehead atoms. The molecule has 0 aliphatic carbocycles. The van der Waals surface area contributed by atoms with Crippen LogP contribution in [-0.2, 0) is 9.53 Å². The van der Waals surface area contributed by atoms with E-state index in [1.807, 2.05) is 26.8 Å². The first-order valence-electron chi connectivity index (χ1n) is 7.90. The van der Waals surface area contributed by atoms with Crippen LogP contribution in [0.25, 0.3) is 0 Å². The van der Waals surface area contributed by atoms with Crippen LogP contribution >= 0.6 is 0 Å². The van der Waals surface area contributed by atoms with Crippen LogP contribution in [0.5, 0.6) is 0 Å². The number of hydrogen-bond donors (Lipinski definition) is 0. The first-order chi connectivity index (χ1) is 9.72. The van der Waals surface area contributed by atoms with E-state index in [0.29, 0.717) is 5.92 Å². The first-order valence-corrected chi connectivity index (χ1v) is 7.90. The highest BCUT2D eigenvalue weighted by Crippen LogP contribution is 2.17. The number of rotatable bonds is 8. The fourth-order valence-corrected chi connectivity index (χ4v) is 1.82. The van der Waals surface area contributed by atoms with Gasteiger partial charge in [0.25, 0.3) is 0 Å². The molecule has 0 aliphatic heterocycles. The summed E-state index contributed by atoms with van der Waals surface area (Å²) in [6.07, 6.45) is 9.06. The van der Waals surface area contributed by atoms with Crippen molar-refractivity contribution in [1.29, 1.82) is 0 Å². The largest absolute Gasteiger partial charge is 0.460 e. The fourth-order valence-electron chi connectivity index (χ4n) is 1.82. The minimum Gasteiger partial charge on any atom is -0.460 e. The minimum atomic E-state index is -0.264. The highest BCUT2D eigenvalue weighted by molar-refractivity contribution is 5.83. The van der Waals surface area contributed by atoms with Gasteiger partial charge in [-0.15, -0.1) is 0 Å². The van der Waals surface area contributed by atoms with Crippen LogP contribution in [0, 0.1) is 5.92 Å². The summed E-state index contributed by atoms with van der Waals surface area (Å²) in [5.74, 6) is 0.394. The molecule has 0 fully saturated rings. The fraction of sp³-hybridized carbons (Fsp3) is 0.632. The van der Waals surface area contributed by atoms with E-state index in [4.69, 9.17) is 4.74 Å². The second kappa shape index (κ2) is 10.4. The lowest BCUT2D eigenvalue weighted by Crippen LogP contribution is -2.08. The summed E-state index contributed by atoms with van der Waals surface area (Å²) in [5.41, 5.74) is 3.87. The second-order valence-electron chi connectivity index (χ2n) is 6.44. The normalized spacial score (nSPS) is 13.6. The standard InChI is InChI=1S/C19H32O2/c1-14(2)18(7)12-11-16(5)9-8-10-17(6)13-19(20)21-15(3)4/h8,10,13,15-16H,9,11-12H2,1-7H3. The van der Waals surface area contributed by atoms with Crippen molar-refractivity contribution in [3.05, 3.63) is 34.9 Å². The lowest BCUT2D eigenvalue weighted by atomic mass is 9.97. The van der Waals surface area contributed by atoms with Crippen LogP contribution in [-0.4, -0.2) is 12.1 Å². The molecule has 0 aromatic carbocycles. The van der Waals surface area contributed by atoms with Crippen molar-refractivity contribution in [3.8, 4) is 0 Å². The van der Waals surface area contributed by atoms with E-state index in [9.17, 15) is 4.79 Å². The van der Waals surface area contributed by atoms with Crippen LogP contribution in [0.3, 0.4) is 0 Å². The van der Waals surface area contributed by atoms with Gasteiger partial charge in [0.05, 0.1) is 6.10 Å². The second-order valence-corrected chi connectivity index (χ2v) is 6.44. The van der Waals surface area contributed by atoms with E-state index in [2.05, 4.69) is 33.8 Å². The molecule has 0 amide bonds. The SMILES string of the molecule is CC(C=CCC(C)CCC(C)=C(C)C)=CC(=O)OC(C)C. The smallest absolute Gasteiger partial charge is 0.331 e. The van der Waals surface area contributed by atoms with Gasteiger partial charge >= 0.3 is 5.97 Å². The van der Waals surface area contributed by atoms with Crippen LogP contribution in [0.1, 0.15) is 67.7 Å². The van der Waals surface area contributed by atoms with Gasteiger partial charge in [-0.05, 0) is 72.3 Å². The van der Waals surface area contributed by atoms with Crippen molar-refractivity contribution >= 4 is 5.97 Å². The Bertz CT molecular complexity index is 407. The summed E-state index contributed by atoms with van der Waals surface area (Å²) < 4.78 is 5.08. The predicted octanol–water partition coefficient (Wildman–Crippen LogP) is 5.60. The van der Waals surface area contributed by atoms with Gasteiger partial charge in [-0.2, -0.15) is 0 Å². The molecule has 0 aromatic heterocycles. The molecule has 2 heteroatoms. The van der Waals surface area contributed by atoms with Crippen molar-refractivity contribution in [2.75, 3.05) is 0 Å². The molecule has 21 heavy (non-hydrogen) atoms. The molecule has 0 heterocycles. The Morgan fingerprint density at radius 2 is 1.71 bits per heavy atom. The Morgan fingerprint density at radius 3 is 2.24 bits per heavy atom. The summed E-state index contributed by atoms with van der Waals surface area (Å²) in [4.78, 5) is 11.5. The van der Waals surface area contributed by atoms with E-state index in [-0.39, 0.29) is 12.1 Å². The number of carbonyl (C=O) groups excluding carboxylic acids is 1. The number of carbonyl (C=O) groups is 1. The Kier molecular flexibility index (Phi) is 9.77. The average Bonchev–Trinajstić information content (AvgIpc) is 2.34. The quantitative estimate of drug-likeness (QED) is 0.252. The molecule has 0 rings (SSSR count). The van der Waals surface area contributed by atoms with E-state index >= 15 is 0 Å². The highest BCUT2D eigenvalue weighted by atomic mass is 16.5. The van der Waals surface area contributed by atoms with E-state index < -0.39 is 0 Å². The summed E-state index contributed by atoms with van der Waals surface area (Å²) >= 11 is 0. The van der Waals surface area contributed by atoms with E-state index in [0.717, 1.165) is 12.0 Å². The first kappa shape index (κ1) is 19.7. The maximum absolute atomic E-state index is 11.5. The van der Waals surface area contributed by atoms with E-state index in [1.165, 1.54) is 24.0 Å². The van der Waals surface area contributed by atoms with Gasteiger partial charge in [0.15, 0.2) is 0 Å². The van der Waals surface area contributed by atoms with Gasteiger partial charge in [-0.25, -0.2) is 4.79 Å². The molecule has 0 spiro atoms. The Balaban J connectivity index is 4.17. The summed E-state index contributed by atoms with van der Waals surface area (Å²) in [6.45, 7) is 14.5. The molecule has 0 aliphatic rings. The molecule has 1 unspecified atom stereocenters. The molecule has 1 atom stereocenters. The lowest BCUT2D eigenvalue weighted by molar-refractivity contribution is -0.141. The van der Waals surface area contributed by atoms with Gasteiger partial charge in [0.1, 0.15) is 0 Å². The van der Waals surface area contributed by atoms with Crippen molar-refractivity contribution in [2.45, 2.75) is 73.8 Å². The van der Waals surface area contributed by atoms with E-state index in [1.54, 1.807) is 6.08 Å². The topological polar surface area (TPSA) is 26.3 Å². The van der Waals surface area contributed by atoms with Crippen LogP contribution in [0.15, 0.2) is 34.9 Å². The zero-order valence-electron chi connectivity index (χ0n) is 14.8. The van der Waals surface area contributed by atoms with Crippen LogP contribution in [0.2, 0.25) is 0 Å². The molecule has 0 aromatic rings. The third-order valence-corrected chi connectivity index (χ3v) is 3.48. The molecule has 2 nitrogen and oxygen atoms in total. The third-order valence-electron chi connectivity index (χ3n) is 3.48. The highest BCUT2D eigenvalue weighted by Gasteiger charge is 2.02. The van der Waals surface area contributed by atoms with Gasteiger partial charge in [0.2, 0.25) is 0 Å². The average molecular weight is 292 g/mol. The van der Waals surface area contributed by atoms with Crippen LogP contribution < -0.4 is 0 Å². The molecular formula is C19H32O2. The Labute approximate surface area is 131 Å². The number of allylic oxidation sites excluding steroid dienone is 5. The predicted molar refractivity (Wildman–Crippen MR) is 91.2 cm³/mol. The number of hydrogen-bond acceptors (Lipinski definition) is 2. The summed E-state index contributed by atoms with van der Waals surface area (Å²) in [5, 5.41) is 0. The molecule has 0 saturated carbocycles. The van der Waals surface area contributed by atoms with Crippen molar-refractivity contribution in [2.24, 2.45) is 5.92 Å². The van der Waals surface area contributed by atoms with Crippen molar-refractivity contribution < 1.29 is 9.53 Å². The van der Waals surface area contributed by atoms with Gasteiger partial charge in [-0.3, -0.25) is 0 Å². The Hall–Kier alpha value is -1.31. The zero-order valence-corrected chi connectivity index (χ0v) is 14.8. The monoisotopic (exact) mass is 292 g/mol. The van der Waals surface area contributed by atoms with Gasteiger partial charge < -0.3 is 4.74 Å². The minimum absolute atomic E-state index is 0.0659. The third kappa shape index (κ3) is 11.1. The zero-order chi connectivity index (χ0) is 16.4. The summed E-state index contributed by atoms with van der Waals surface area (Å²) in [7, 11) is 0.